The normalized spacial score (nSPS) is 10.9. The molecule has 16 heavy (non-hydrogen) atoms. The highest BCUT2D eigenvalue weighted by molar-refractivity contribution is 4.98. The molecule has 0 atom stereocenters. The minimum Gasteiger partial charge on any atom is -0.304 e. The van der Waals surface area contributed by atoms with Gasteiger partial charge in [-0.1, -0.05) is 0 Å². The fourth-order valence-corrected chi connectivity index (χ4v) is 1.55. The summed E-state index contributed by atoms with van der Waals surface area (Å²) in [5.41, 5.74) is 1.03. The molecule has 0 bridgehead atoms. The van der Waals surface area contributed by atoms with Crippen LogP contribution in [0.2, 0.25) is 0 Å². The molecule has 0 fully saturated rings. The monoisotopic (exact) mass is 220 g/mol. The molecule has 0 saturated carbocycles. The molecule has 1 N–H and O–H groups in total. The minimum absolute atomic E-state index is 0.713. The second-order valence-corrected chi connectivity index (χ2v) is 3.58. The smallest absolute Gasteiger partial charge is 0.140 e. The third-order valence-corrected chi connectivity index (χ3v) is 2.35. The zero-order valence-electron chi connectivity index (χ0n) is 9.59. The summed E-state index contributed by atoms with van der Waals surface area (Å²) >= 11 is 0. The van der Waals surface area contributed by atoms with E-state index in [-0.39, 0.29) is 0 Å². The first-order chi connectivity index (χ1) is 7.79. The second-order valence-electron chi connectivity index (χ2n) is 3.58. The molecule has 2 rings (SSSR count). The van der Waals surface area contributed by atoms with Crippen molar-refractivity contribution in [3.8, 4) is 0 Å². The molecule has 0 aliphatic rings. The van der Waals surface area contributed by atoms with Gasteiger partial charge in [-0.3, -0.25) is 4.68 Å². The molecule has 0 aliphatic carbocycles. The number of nitrogens with one attached hydrogen (secondary N) is 1. The predicted octanol–water partition coefficient (Wildman–Crippen LogP) is 0.321. The van der Waals surface area contributed by atoms with Crippen LogP contribution in [-0.4, -0.2) is 24.5 Å². The summed E-state index contributed by atoms with van der Waals surface area (Å²) in [5.74, 6) is 0.957. The zero-order chi connectivity index (χ0) is 11.4. The topological polar surface area (TPSA) is 60.6 Å². The van der Waals surface area contributed by atoms with Gasteiger partial charge in [0.15, 0.2) is 0 Å². The maximum absolute atomic E-state index is 4.28. The van der Waals surface area contributed by atoms with E-state index >= 15 is 0 Å². The van der Waals surface area contributed by atoms with Gasteiger partial charge in [-0.05, 0) is 13.0 Å². The summed E-state index contributed by atoms with van der Waals surface area (Å²) in [7, 11) is 1.91. The van der Waals surface area contributed by atoms with E-state index in [2.05, 4.69) is 27.4 Å². The molecule has 2 aromatic rings. The van der Waals surface area contributed by atoms with Crippen LogP contribution < -0.4 is 5.32 Å². The molecule has 2 aromatic heterocycles. The molecule has 0 aromatic carbocycles. The standard InChI is InChI=1S/C10H16N6/c1-3-16-10(12-8-13-16)7-11-6-9-4-5-15(2)14-9/h4-5,8,11H,3,6-7H2,1-2H3. The van der Waals surface area contributed by atoms with Crippen LogP contribution in [0.3, 0.4) is 0 Å². The maximum Gasteiger partial charge on any atom is 0.140 e. The average Bonchev–Trinajstić information content (AvgIpc) is 2.87. The van der Waals surface area contributed by atoms with Crippen molar-refractivity contribution in [2.45, 2.75) is 26.6 Å². The van der Waals surface area contributed by atoms with E-state index in [1.807, 2.05) is 24.0 Å². The third kappa shape index (κ3) is 2.46. The SMILES string of the molecule is CCn1ncnc1CNCc1ccn(C)n1. The van der Waals surface area contributed by atoms with Crippen LogP contribution in [0.4, 0.5) is 0 Å². The Bertz CT molecular complexity index is 444. The molecule has 0 amide bonds. The molecule has 6 nitrogen and oxygen atoms in total. The van der Waals surface area contributed by atoms with Crippen LogP contribution in [-0.2, 0) is 26.7 Å². The lowest BCUT2D eigenvalue weighted by atomic mass is 10.4. The number of hydrogen-bond acceptors (Lipinski definition) is 4. The second kappa shape index (κ2) is 4.89. The lowest BCUT2D eigenvalue weighted by Gasteiger charge is -2.03. The Labute approximate surface area is 94.3 Å². The largest absolute Gasteiger partial charge is 0.304 e. The Morgan fingerprint density at radius 1 is 1.38 bits per heavy atom. The quantitative estimate of drug-likeness (QED) is 0.788. The Morgan fingerprint density at radius 3 is 2.94 bits per heavy atom. The van der Waals surface area contributed by atoms with Gasteiger partial charge in [0, 0.05) is 26.3 Å². The minimum atomic E-state index is 0.713. The van der Waals surface area contributed by atoms with E-state index in [9.17, 15) is 0 Å². The molecule has 0 spiro atoms. The lowest BCUT2D eigenvalue weighted by Crippen LogP contribution is -2.17. The van der Waals surface area contributed by atoms with Gasteiger partial charge >= 0.3 is 0 Å². The predicted molar refractivity (Wildman–Crippen MR) is 59.4 cm³/mol. The first kappa shape index (κ1) is 10.8. The number of aryl methyl sites for hydroxylation is 2. The highest BCUT2D eigenvalue weighted by Crippen LogP contribution is 1.96. The number of rotatable bonds is 5. The van der Waals surface area contributed by atoms with Gasteiger partial charge in [0.1, 0.15) is 12.2 Å². The summed E-state index contributed by atoms with van der Waals surface area (Å²) < 4.78 is 3.68. The van der Waals surface area contributed by atoms with Gasteiger partial charge in [-0.15, -0.1) is 0 Å². The highest BCUT2D eigenvalue weighted by atomic mass is 15.3. The van der Waals surface area contributed by atoms with E-state index in [0.29, 0.717) is 6.54 Å². The average molecular weight is 220 g/mol. The van der Waals surface area contributed by atoms with Crippen molar-refractivity contribution in [3.05, 3.63) is 30.1 Å². The first-order valence-electron chi connectivity index (χ1n) is 5.35. The van der Waals surface area contributed by atoms with Crippen molar-refractivity contribution in [3.63, 3.8) is 0 Å². The summed E-state index contributed by atoms with van der Waals surface area (Å²) in [6.45, 7) is 4.36. The Kier molecular flexibility index (Phi) is 3.31. The number of hydrogen-bond donors (Lipinski definition) is 1. The van der Waals surface area contributed by atoms with E-state index in [1.165, 1.54) is 0 Å². The van der Waals surface area contributed by atoms with Crippen LogP contribution in [0, 0.1) is 0 Å². The molecule has 0 saturated heterocycles. The Hall–Kier alpha value is -1.69. The van der Waals surface area contributed by atoms with Gasteiger partial charge in [0.05, 0.1) is 12.2 Å². The molecule has 0 aliphatic heterocycles. The number of aromatic nitrogens is 5. The van der Waals surface area contributed by atoms with Crippen LogP contribution >= 0.6 is 0 Å². The Morgan fingerprint density at radius 2 is 2.25 bits per heavy atom. The van der Waals surface area contributed by atoms with Crippen molar-refractivity contribution >= 4 is 0 Å². The van der Waals surface area contributed by atoms with E-state index in [4.69, 9.17) is 0 Å². The van der Waals surface area contributed by atoms with E-state index < -0.39 is 0 Å². The molecular weight excluding hydrogens is 204 g/mol. The molecule has 2 heterocycles. The van der Waals surface area contributed by atoms with E-state index in [0.717, 1.165) is 24.6 Å². The van der Waals surface area contributed by atoms with Crippen LogP contribution in [0.1, 0.15) is 18.4 Å². The molecular formula is C10H16N6. The van der Waals surface area contributed by atoms with Crippen LogP contribution in [0.5, 0.6) is 0 Å². The maximum atomic E-state index is 4.28. The highest BCUT2D eigenvalue weighted by Gasteiger charge is 2.02. The fourth-order valence-electron chi connectivity index (χ4n) is 1.55. The van der Waals surface area contributed by atoms with Gasteiger partial charge in [-0.25, -0.2) is 9.67 Å². The van der Waals surface area contributed by atoms with Gasteiger partial charge < -0.3 is 5.32 Å². The first-order valence-corrected chi connectivity index (χ1v) is 5.35. The van der Waals surface area contributed by atoms with E-state index in [1.54, 1.807) is 11.0 Å². The Balaban J connectivity index is 1.84. The van der Waals surface area contributed by atoms with Gasteiger partial charge in [-0.2, -0.15) is 10.2 Å². The molecule has 0 radical (unpaired) electrons. The van der Waals surface area contributed by atoms with Crippen molar-refractivity contribution in [2.75, 3.05) is 0 Å². The fraction of sp³-hybridized carbons (Fsp3) is 0.500. The summed E-state index contributed by atoms with van der Waals surface area (Å²) in [4.78, 5) is 4.19. The lowest BCUT2D eigenvalue weighted by molar-refractivity contribution is 0.566. The van der Waals surface area contributed by atoms with Crippen molar-refractivity contribution in [2.24, 2.45) is 7.05 Å². The van der Waals surface area contributed by atoms with Crippen molar-refractivity contribution < 1.29 is 0 Å². The third-order valence-electron chi connectivity index (χ3n) is 2.35. The van der Waals surface area contributed by atoms with Gasteiger partial charge in [0.2, 0.25) is 0 Å². The van der Waals surface area contributed by atoms with Crippen LogP contribution in [0.25, 0.3) is 0 Å². The van der Waals surface area contributed by atoms with Crippen molar-refractivity contribution in [1.82, 2.24) is 29.9 Å². The molecule has 86 valence electrons. The summed E-state index contributed by atoms with van der Waals surface area (Å²) in [6.07, 6.45) is 3.52. The summed E-state index contributed by atoms with van der Waals surface area (Å²) in [5, 5.41) is 11.7. The molecule has 6 heteroatoms. The molecule has 0 unspecified atom stereocenters. The zero-order valence-corrected chi connectivity index (χ0v) is 9.59. The summed E-state index contributed by atoms with van der Waals surface area (Å²) in [6, 6.07) is 2.00. The van der Waals surface area contributed by atoms with Gasteiger partial charge in [0.25, 0.3) is 0 Å². The number of nitrogens with zero attached hydrogens (tertiary/aromatic N) is 5. The van der Waals surface area contributed by atoms with Crippen molar-refractivity contribution in [1.29, 1.82) is 0 Å². The van der Waals surface area contributed by atoms with Crippen LogP contribution in [0.15, 0.2) is 18.6 Å².